The van der Waals surface area contributed by atoms with E-state index in [9.17, 15) is 24.5 Å². The average molecular weight is 426 g/mol. The third-order valence-electron chi connectivity index (χ3n) is 5.57. The fraction of sp³-hybridized carbons (Fsp3) is 0.400. The second-order valence-electron chi connectivity index (χ2n) is 7.91. The Morgan fingerprint density at radius 2 is 2.10 bits per heavy atom. The van der Waals surface area contributed by atoms with Crippen LogP contribution in [0.2, 0.25) is 0 Å². The van der Waals surface area contributed by atoms with Gasteiger partial charge in [0.05, 0.1) is 16.4 Å². The first-order valence-corrected chi connectivity index (χ1v) is 10.1. The van der Waals surface area contributed by atoms with Crippen molar-refractivity contribution in [3.63, 3.8) is 0 Å². The number of rotatable bonds is 4. The lowest BCUT2D eigenvalue weighted by atomic mass is 9.92. The molecule has 2 aromatic rings. The number of aromatic nitrogens is 2. The molecule has 4 rings (SSSR count). The van der Waals surface area contributed by atoms with Crippen LogP contribution in [0.3, 0.4) is 0 Å². The molecule has 11 heteroatoms. The van der Waals surface area contributed by atoms with Crippen LogP contribution in [0, 0.1) is 16.0 Å². The van der Waals surface area contributed by atoms with Crippen LogP contribution >= 0.6 is 0 Å². The zero-order valence-electron chi connectivity index (χ0n) is 16.9. The molecule has 2 atom stereocenters. The molecule has 1 fully saturated rings. The first-order chi connectivity index (χ1) is 14.8. The largest absolute Gasteiger partial charge is 0.342 e. The van der Waals surface area contributed by atoms with Gasteiger partial charge in [0.2, 0.25) is 17.8 Å². The molecule has 0 unspecified atom stereocenters. The Kier molecular flexibility index (Phi) is 5.40. The van der Waals surface area contributed by atoms with E-state index in [1.807, 2.05) is 4.90 Å². The molecule has 1 aromatic heterocycles. The monoisotopic (exact) mass is 426 g/mol. The minimum absolute atomic E-state index is 0.00616. The predicted octanol–water partition coefficient (Wildman–Crippen LogP) is 1.98. The van der Waals surface area contributed by atoms with Crippen molar-refractivity contribution in [2.24, 2.45) is 5.92 Å². The number of para-hydroxylation sites is 2. The fourth-order valence-corrected chi connectivity index (χ4v) is 4.07. The van der Waals surface area contributed by atoms with Gasteiger partial charge in [0.25, 0.3) is 11.2 Å². The molecule has 1 saturated heterocycles. The molecule has 2 aliphatic heterocycles. The standard InChI is InChI=1S/C20H22N6O5/c1-11-5-4-8-25(10-11)20-23-17-16(19(29)24-20)12(9-15(27)22-17)18(28)21-13-6-2-3-7-14(13)26(30)31/h2-3,6-7,11-12H,4-5,8-10H2,1H3,(H,21,28)(H2,22,23,24,27,29)/t11-,12+/m0/s1. The van der Waals surface area contributed by atoms with Crippen LogP contribution < -0.4 is 21.1 Å². The quantitative estimate of drug-likeness (QED) is 0.499. The number of H-pyrrole nitrogens is 1. The van der Waals surface area contributed by atoms with Gasteiger partial charge in [0.1, 0.15) is 11.5 Å². The van der Waals surface area contributed by atoms with E-state index in [0.717, 1.165) is 25.9 Å². The van der Waals surface area contributed by atoms with E-state index in [4.69, 9.17) is 0 Å². The number of hydrogen-bond acceptors (Lipinski definition) is 7. The van der Waals surface area contributed by atoms with Crippen molar-refractivity contribution in [1.82, 2.24) is 9.97 Å². The maximum atomic E-state index is 12.9. The summed E-state index contributed by atoms with van der Waals surface area (Å²) >= 11 is 0. The molecule has 0 spiro atoms. The van der Waals surface area contributed by atoms with Crippen molar-refractivity contribution in [3.05, 3.63) is 50.3 Å². The van der Waals surface area contributed by atoms with Gasteiger partial charge in [-0.05, 0) is 24.8 Å². The summed E-state index contributed by atoms with van der Waals surface area (Å²) in [6, 6.07) is 5.68. The molecular weight excluding hydrogens is 404 g/mol. The van der Waals surface area contributed by atoms with Gasteiger partial charge in [-0.1, -0.05) is 19.1 Å². The lowest BCUT2D eigenvalue weighted by Gasteiger charge is -2.32. The number of hydrogen-bond donors (Lipinski definition) is 3. The molecule has 3 N–H and O–H groups in total. The minimum atomic E-state index is -1.12. The molecule has 31 heavy (non-hydrogen) atoms. The van der Waals surface area contributed by atoms with Gasteiger partial charge in [-0.2, -0.15) is 4.98 Å². The van der Waals surface area contributed by atoms with E-state index in [-0.39, 0.29) is 29.2 Å². The van der Waals surface area contributed by atoms with Crippen LogP contribution in [0.4, 0.5) is 23.1 Å². The van der Waals surface area contributed by atoms with Gasteiger partial charge in [0.15, 0.2) is 0 Å². The molecule has 1 aromatic carbocycles. The number of carbonyl (C=O) groups excluding carboxylic acids is 2. The maximum Gasteiger partial charge on any atom is 0.292 e. The smallest absolute Gasteiger partial charge is 0.292 e. The predicted molar refractivity (Wildman–Crippen MR) is 113 cm³/mol. The third kappa shape index (κ3) is 4.11. The van der Waals surface area contributed by atoms with Crippen LogP contribution in [0.5, 0.6) is 0 Å². The number of nitrogens with zero attached hydrogens (tertiary/aromatic N) is 3. The Hall–Kier alpha value is -3.76. The molecule has 0 saturated carbocycles. The zero-order chi connectivity index (χ0) is 22.1. The van der Waals surface area contributed by atoms with E-state index < -0.39 is 28.2 Å². The summed E-state index contributed by atoms with van der Waals surface area (Å²) in [5.74, 6) is -1.39. The van der Waals surface area contributed by atoms with Crippen molar-refractivity contribution in [3.8, 4) is 0 Å². The number of piperidine rings is 1. The molecule has 0 bridgehead atoms. The Bertz CT molecular complexity index is 1110. The van der Waals surface area contributed by atoms with Crippen LogP contribution in [0.15, 0.2) is 29.1 Å². The molecule has 11 nitrogen and oxygen atoms in total. The Morgan fingerprint density at radius 1 is 1.32 bits per heavy atom. The van der Waals surface area contributed by atoms with Gasteiger partial charge in [0, 0.05) is 25.6 Å². The highest BCUT2D eigenvalue weighted by Crippen LogP contribution is 2.32. The van der Waals surface area contributed by atoms with Gasteiger partial charge in [-0.25, -0.2) is 0 Å². The number of amides is 2. The highest BCUT2D eigenvalue weighted by Gasteiger charge is 2.36. The van der Waals surface area contributed by atoms with Crippen LogP contribution in [-0.4, -0.2) is 39.8 Å². The zero-order valence-corrected chi connectivity index (χ0v) is 16.9. The summed E-state index contributed by atoms with van der Waals surface area (Å²) in [6.45, 7) is 3.59. The lowest BCUT2D eigenvalue weighted by molar-refractivity contribution is -0.383. The summed E-state index contributed by atoms with van der Waals surface area (Å²) in [4.78, 5) is 57.8. The average Bonchev–Trinajstić information content (AvgIpc) is 2.73. The SMILES string of the molecule is C[C@H]1CCCN(c2nc3c(c(=O)[nH]2)[C@H](C(=O)Nc2ccccc2[N+](=O)[O-])CC(=O)N3)C1. The molecule has 0 radical (unpaired) electrons. The van der Waals surface area contributed by atoms with E-state index in [2.05, 4.69) is 27.5 Å². The molecule has 162 valence electrons. The van der Waals surface area contributed by atoms with E-state index in [0.29, 0.717) is 11.9 Å². The summed E-state index contributed by atoms with van der Waals surface area (Å²) in [7, 11) is 0. The first kappa shape index (κ1) is 20.5. The molecule has 3 heterocycles. The number of nitrogens with one attached hydrogen (secondary N) is 3. The van der Waals surface area contributed by atoms with E-state index >= 15 is 0 Å². The number of fused-ring (bicyclic) bond motifs is 1. The van der Waals surface area contributed by atoms with Gasteiger partial charge in [-0.15, -0.1) is 0 Å². The van der Waals surface area contributed by atoms with Crippen molar-refractivity contribution in [1.29, 1.82) is 0 Å². The Morgan fingerprint density at radius 3 is 2.84 bits per heavy atom. The van der Waals surface area contributed by atoms with Crippen molar-refractivity contribution in [2.45, 2.75) is 32.1 Å². The minimum Gasteiger partial charge on any atom is -0.342 e. The summed E-state index contributed by atoms with van der Waals surface area (Å²) < 4.78 is 0. The number of anilines is 3. The van der Waals surface area contributed by atoms with Crippen LogP contribution in [0.25, 0.3) is 0 Å². The number of nitro groups is 1. The molecular formula is C20H22N6O5. The number of carbonyl (C=O) groups is 2. The number of nitro benzene ring substituents is 1. The van der Waals surface area contributed by atoms with Gasteiger partial charge < -0.3 is 15.5 Å². The van der Waals surface area contributed by atoms with Crippen molar-refractivity contribution < 1.29 is 14.5 Å². The van der Waals surface area contributed by atoms with Gasteiger partial charge in [-0.3, -0.25) is 29.5 Å². The normalized spacial score (nSPS) is 20.5. The van der Waals surface area contributed by atoms with Crippen LogP contribution in [-0.2, 0) is 9.59 Å². The van der Waals surface area contributed by atoms with Gasteiger partial charge >= 0.3 is 0 Å². The molecule has 2 aliphatic rings. The number of aromatic amines is 1. The van der Waals surface area contributed by atoms with Crippen LogP contribution in [0.1, 0.15) is 37.7 Å². The van der Waals surface area contributed by atoms with E-state index in [1.54, 1.807) is 6.07 Å². The van der Waals surface area contributed by atoms with Crippen molar-refractivity contribution >= 4 is 35.0 Å². The summed E-state index contributed by atoms with van der Waals surface area (Å²) in [5, 5.41) is 16.3. The highest BCUT2D eigenvalue weighted by molar-refractivity contribution is 6.05. The second-order valence-corrected chi connectivity index (χ2v) is 7.91. The molecule has 0 aliphatic carbocycles. The molecule has 2 amide bonds. The third-order valence-corrected chi connectivity index (χ3v) is 5.57. The van der Waals surface area contributed by atoms with Crippen molar-refractivity contribution in [2.75, 3.05) is 28.6 Å². The Labute approximate surface area is 177 Å². The topological polar surface area (TPSA) is 150 Å². The maximum absolute atomic E-state index is 12.9. The summed E-state index contributed by atoms with van der Waals surface area (Å²) in [6.07, 6.45) is 1.80. The number of benzene rings is 1. The second kappa shape index (κ2) is 8.17. The fourth-order valence-electron chi connectivity index (χ4n) is 4.07. The highest BCUT2D eigenvalue weighted by atomic mass is 16.6. The first-order valence-electron chi connectivity index (χ1n) is 10.1. The summed E-state index contributed by atoms with van der Waals surface area (Å²) in [5.41, 5.74) is -0.753. The lowest BCUT2D eigenvalue weighted by Crippen LogP contribution is -2.40. The Balaban J connectivity index is 1.66. The van der Waals surface area contributed by atoms with E-state index in [1.165, 1.54) is 18.2 Å².